The van der Waals surface area contributed by atoms with E-state index in [2.05, 4.69) is 14.9 Å². The summed E-state index contributed by atoms with van der Waals surface area (Å²) in [7, 11) is 3.25. The molecule has 29 heavy (non-hydrogen) atoms. The Morgan fingerprint density at radius 1 is 1.17 bits per heavy atom. The maximum Gasteiger partial charge on any atom is 0.251 e. The van der Waals surface area contributed by atoms with Crippen molar-refractivity contribution in [1.29, 1.82) is 0 Å². The fourth-order valence-corrected chi connectivity index (χ4v) is 3.35. The summed E-state index contributed by atoms with van der Waals surface area (Å²) in [5, 5.41) is 2.94. The van der Waals surface area contributed by atoms with Crippen molar-refractivity contribution in [3.63, 3.8) is 0 Å². The summed E-state index contributed by atoms with van der Waals surface area (Å²) in [6.07, 6.45) is 1.89. The van der Waals surface area contributed by atoms with Gasteiger partial charge in [-0.3, -0.25) is 4.79 Å². The second-order valence-electron chi connectivity index (χ2n) is 6.77. The second-order valence-corrected chi connectivity index (χ2v) is 6.77. The molecule has 4 rings (SSSR count). The van der Waals surface area contributed by atoms with E-state index in [1.54, 1.807) is 38.5 Å². The van der Waals surface area contributed by atoms with Crippen molar-refractivity contribution in [2.45, 2.75) is 19.3 Å². The summed E-state index contributed by atoms with van der Waals surface area (Å²) in [4.78, 5) is 17.0. The first kappa shape index (κ1) is 19.0. The van der Waals surface area contributed by atoms with Gasteiger partial charge in [0.2, 0.25) is 0 Å². The molecule has 0 aliphatic carbocycles. The van der Waals surface area contributed by atoms with Gasteiger partial charge in [0.1, 0.15) is 23.9 Å². The van der Waals surface area contributed by atoms with Crippen molar-refractivity contribution in [3.8, 4) is 22.8 Å². The van der Waals surface area contributed by atoms with E-state index in [1.165, 1.54) is 0 Å². The summed E-state index contributed by atoms with van der Waals surface area (Å²) in [6.45, 7) is 1.45. The maximum absolute atomic E-state index is 12.4. The Hall–Kier alpha value is -3.32. The van der Waals surface area contributed by atoms with Gasteiger partial charge in [0, 0.05) is 23.9 Å². The fraction of sp³-hybridized carbons (Fsp3) is 0.273. The molecule has 3 aromatic rings. The van der Waals surface area contributed by atoms with E-state index in [0.717, 1.165) is 28.6 Å². The zero-order valence-electron chi connectivity index (χ0n) is 16.4. The van der Waals surface area contributed by atoms with Crippen molar-refractivity contribution < 1.29 is 19.0 Å². The van der Waals surface area contributed by atoms with Crippen molar-refractivity contribution in [2.75, 3.05) is 20.8 Å². The van der Waals surface area contributed by atoms with Crippen molar-refractivity contribution in [2.24, 2.45) is 0 Å². The number of carbonyl (C=O) groups is 1. The molecule has 2 heterocycles. The molecule has 7 heteroatoms. The van der Waals surface area contributed by atoms with Crippen LogP contribution in [-0.2, 0) is 17.9 Å². The number of benzene rings is 2. The fourth-order valence-electron chi connectivity index (χ4n) is 3.35. The number of nitrogens with zero attached hydrogens (tertiary/aromatic N) is 2. The van der Waals surface area contributed by atoms with Gasteiger partial charge in [0.15, 0.2) is 0 Å². The molecule has 1 atom stereocenters. The molecule has 0 radical (unpaired) electrons. The predicted octanol–water partition coefficient (Wildman–Crippen LogP) is 2.90. The van der Waals surface area contributed by atoms with Crippen LogP contribution in [0.25, 0.3) is 11.3 Å². The lowest BCUT2D eigenvalue weighted by Gasteiger charge is -2.24. The molecule has 0 saturated heterocycles. The van der Waals surface area contributed by atoms with E-state index in [-0.39, 0.29) is 12.0 Å². The first-order chi connectivity index (χ1) is 14.2. The van der Waals surface area contributed by atoms with Crippen LogP contribution in [0.4, 0.5) is 0 Å². The van der Waals surface area contributed by atoms with E-state index in [9.17, 15) is 4.79 Å². The van der Waals surface area contributed by atoms with Gasteiger partial charge in [-0.05, 0) is 36.4 Å². The number of aromatic nitrogens is 2. The Bertz CT molecular complexity index is 998. The van der Waals surface area contributed by atoms with Gasteiger partial charge in [-0.15, -0.1) is 0 Å². The number of methoxy groups -OCH3 is 2. The number of amides is 1. The lowest BCUT2D eigenvalue weighted by molar-refractivity contribution is 0.00327. The molecule has 7 nitrogen and oxygen atoms in total. The van der Waals surface area contributed by atoms with Gasteiger partial charge in [0.25, 0.3) is 5.91 Å². The lowest BCUT2D eigenvalue weighted by atomic mass is 10.1. The minimum atomic E-state index is -0.137. The summed E-state index contributed by atoms with van der Waals surface area (Å²) in [5.41, 5.74) is 2.38. The highest BCUT2D eigenvalue weighted by molar-refractivity contribution is 5.94. The first-order valence-electron chi connectivity index (χ1n) is 9.41. The van der Waals surface area contributed by atoms with E-state index in [4.69, 9.17) is 14.2 Å². The number of hydrogen-bond acceptors (Lipinski definition) is 5. The predicted molar refractivity (Wildman–Crippen MR) is 108 cm³/mol. The number of carbonyl (C=O) groups excluding carboxylic acids is 1. The molecule has 1 aliphatic rings. The van der Waals surface area contributed by atoms with Gasteiger partial charge in [-0.25, -0.2) is 4.98 Å². The monoisotopic (exact) mass is 393 g/mol. The van der Waals surface area contributed by atoms with Crippen LogP contribution in [0.5, 0.6) is 11.5 Å². The molecule has 0 spiro atoms. The molecule has 1 aromatic heterocycles. The van der Waals surface area contributed by atoms with Gasteiger partial charge in [-0.1, -0.05) is 12.1 Å². The van der Waals surface area contributed by atoms with Crippen LogP contribution < -0.4 is 14.8 Å². The van der Waals surface area contributed by atoms with Crippen LogP contribution in [-0.4, -0.2) is 42.3 Å². The molecule has 0 unspecified atom stereocenters. The minimum absolute atomic E-state index is 0.121. The third kappa shape index (κ3) is 4.09. The molecular weight excluding hydrogens is 370 g/mol. The second kappa shape index (κ2) is 8.36. The van der Waals surface area contributed by atoms with Gasteiger partial charge in [0.05, 0.1) is 32.6 Å². The molecule has 0 fully saturated rings. The Morgan fingerprint density at radius 2 is 1.97 bits per heavy atom. The first-order valence-corrected chi connectivity index (χ1v) is 9.41. The highest BCUT2D eigenvalue weighted by atomic mass is 16.5. The van der Waals surface area contributed by atoms with Crippen molar-refractivity contribution in [3.05, 3.63) is 66.1 Å². The number of fused-ring (bicyclic) bond motifs is 1. The molecule has 0 bridgehead atoms. The summed E-state index contributed by atoms with van der Waals surface area (Å²) < 4.78 is 18.5. The smallest absolute Gasteiger partial charge is 0.251 e. The number of para-hydroxylation sites is 1. The van der Waals surface area contributed by atoms with Crippen LogP contribution >= 0.6 is 0 Å². The van der Waals surface area contributed by atoms with Gasteiger partial charge >= 0.3 is 0 Å². The minimum Gasteiger partial charge on any atom is -0.497 e. The standard InChI is InChI=1S/C22H23N3O4/c1-27-16-9-7-15(8-10-16)22(26)23-11-17-12-25-13-19(24-21(25)14-29-17)18-5-3-4-6-20(18)28-2/h3-10,13,17H,11-12,14H2,1-2H3,(H,23,26)/t17-/m0/s1. The maximum atomic E-state index is 12.4. The van der Waals surface area contributed by atoms with Gasteiger partial charge < -0.3 is 24.1 Å². The summed E-state index contributed by atoms with van der Waals surface area (Å²) in [5.74, 6) is 2.23. The Morgan fingerprint density at radius 3 is 2.72 bits per heavy atom. The van der Waals surface area contributed by atoms with Crippen LogP contribution in [0.15, 0.2) is 54.7 Å². The van der Waals surface area contributed by atoms with Crippen LogP contribution in [0.1, 0.15) is 16.2 Å². The molecule has 2 aromatic carbocycles. The van der Waals surface area contributed by atoms with Crippen LogP contribution in [0.2, 0.25) is 0 Å². The quantitative estimate of drug-likeness (QED) is 0.697. The lowest BCUT2D eigenvalue weighted by Crippen LogP contribution is -2.38. The number of imidazole rings is 1. The third-order valence-electron chi connectivity index (χ3n) is 4.93. The van der Waals surface area contributed by atoms with E-state index < -0.39 is 0 Å². The molecular formula is C22H23N3O4. The summed E-state index contributed by atoms with van der Waals surface area (Å²) >= 11 is 0. The SMILES string of the molecule is COc1ccc(C(=O)NC[C@H]2Cn3cc(-c4ccccc4OC)nc3CO2)cc1. The Kier molecular flexibility index (Phi) is 5.48. The molecule has 1 N–H and O–H groups in total. The summed E-state index contributed by atoms with van der Waals surface area (Å²) in [6, 6.07) is 14.8. The highest BCUT2D eigenvalue weighted by Crippen LogP contribution is 2.30. The molecule has 150 valence electrons. The normalized spacial score (nSPS) is 15.4. The molecule has 1 aliphatic heterocycles. The number of rotatable bonds is 6. The van der Waals surface area contributed by atoms with Crippen LogP contribution in [0, 0.1) is 0 Å². The van der Waals surface area contributed by atoms with E-state index in [0.29, 0.717) is 25.3 Å². The number of hydrogen-bond donors (Lipinski definition) is 1. The average Bonchev–Trinajstić information content (AvgIpc) is 3.20. The average molecular weight is 393 g/mol. The molecule has 0 saturated carbocycles. The van der Waals surface area contributed by atoms with Crippen molar-refractivity contribution in [1.82, 2.24) is 14.9 Å². The molecule has 1 amide bonds. The van der Waals surface area contributed by atoms with Gasteiger partial charge in [-0.2, -0.15) is 0 Å². The Labute approximate surface area is 169 Å². The number of nitrogens with one attached hydrogen (secondary N) is 1. The number of ether oxygens (including phenoxy) is 3. The highest BCUT2D eigenvalue weighted by Gasteiger charge is 2.22. The topological polar surface area (TPSA) is 74.6 Å². The zero-order chi connectivity index (χ0) is 20.2. The van der Waals surface area contributed by atoms with Crippen molar-refractivity contribution >= 4 is 5.91 Å². The third-order valence-corrected chi connectivity index (χ3v) is 4.93. The van der Waals surface area contributed by atoms with Crippen LogP contribution in [0.3, 0.4) is 0 Å². The van der Waals surface area contributed by atoms with E-state index >= 15 is 0 Å². The largest absolute Gasteiger partial charge is 0.497 e. The zero-order valence-corrected chi connectivity index (χ0v) is 16.4. The Balaban J connectivity index is 1.40. The van der Waals surface area contributed by atoms with E-state index in [1.807, 2.05) is 30.5 Å².